The molecule has 0 unspecified atom stereocenters. The highest BCUT2D eigenvalue weighted by Gasteiger charge is 2.45. The maximum atomic E-state index is 12.6. The van der Waals surface area contributed by atoms with Crippen LogP contribution in [0.1, 0.15) is 41.7 Å². The molecule has 4 rings (SSSR count). The summed E-state index contributed by atoms with van der Waals surface area (Å²) in [4.78, 5) is 16.8. The second-order valence-electron chi connectivity index (χ2n) is 6.80. The van der Waals surface area contributed by atoms with E-state index in [-0.39, 0.29) is 5.91 Å². The van der Waals surface area contributed by atoms with Gasteiger partial charge in [0.2, 0.25) is 0 Å². The summed E-state index contributed by atoms with van der Waals surface area (Å²) in [5, 5.41) is 5.16. The minimum absolute atomic E-state index is 0.0260. The number of nitrogens with one attached hydrogen (secondary N) is 1. The van der Waals surface area contributed by atoms with E-state index in [0.717, 1.165) is 18.0 Å². The molecule has 1 aromatic carbocycles. The van der Waals surface area contributed by atoms with Gasteiger partial charge in [-0.05, 0) is 42.9 Å². The zero-order chi connectivity index (χ0) is 17.2. The number of ether oxygens (including phenoxy) is 2. The van der Waals surface area contributed by atoms with Gasteiger partial charge >= 0.3 is 0 Å². The van der Waals surface area contributed by atoms with Gasteiger partial charge in [0.05, 0.1) is 18.3 Å². The highest BCUT2D eigenvalue weighted by Crippen LogP contribution is 2.49. The number of aromatic nitrogens is 1. The molecule has 3 atom stereocenters. The third-order valence-electron chi connectivity index (χ3n) is 5.19. The van der Waals surface area contributed by atoms with Gasteiger partial charge in [-0.2, -0.15) is 0 Å². The Balaban J connectivity index is 1.42. The molecule has 1 heterocycles. The zero-order valence-electron chi connectivity index (χ0n) is 14.2. The molecule has 1 N–H and O–H groups in total. The Morgan fingerprint density at radius 2 is 2.28 bits per heavy atom. The second kappa shape index (κ2) is 7.04. The number of hydrogen-bond acceptors (Lipinski definition) is 5. The molecule has 1 amide bonds. The third kappa shape index (κ3) is 3.63. The Labute approximate surface area is 151 Å². The van der Waals surface area contributed by atoms with Gasteiger partial charge in [0.25, 0.3) is 5.91 Å². The van der Waals surface area contributed by atoms with Gasteiger partial charge in [0, 0.05) is 17.0 Å². The van der Waals surface area contributed by atoms with E-state index in [2.05, 4.69) is 10.3 Å². The van der Waals surface area contributed by atoms with Gasteiger partial charge < -0.3 is 14.8 Å². The molecule has 0 bridgehead atoms. The van der Waals surface area contributed by atoms with Gasteiger partial charge in [-0.25, -0.2) is 4.98 Å². The number of nitrogens with zero attached hydrogens (tertiary/aromatic N) is 1. The van der Waals surface area contributed by atoms with Crippen molar-refractivity contribution >= 4 is 17.2 Å². The first kappa shape index (κ1) is 16.4. The fourth-order valence-electron chi connectivity index (χ4n) is 3.73. The van der Waals surface area contributed by atoms with Crippen molar-refractivity contribution in [2.45, 2.75) is 38.3 Å². The lowest BCUT2D eigenvalue weighted by atomic mass is 9.95. The predicted molar refractivity (Wildman–Crippen MR) is 96.1 cm³/mol. The largest absolute Gasteiger partial charge is 0.493 e. The van der Waals surface area contributed by atoms with Crippen molar-refractivity contribution in [1.82, 2.24) is 10.3 Å². The van der Waals surface area contributed by atoms with Crippen LogP contribution < -0.4 is 14.8 Å². The van der Waals surface area contributed by atoms with Crippen LogP contribution in [0.2, 0.25) is 0 Å². The molecule has 2 saturated carbocycles. The van der Waals surface area contributed by atoms with E-state index in [1.165, 1.54) is 30.6 Å². The standard InChI is InChI=1S/C19H22N2O3S/c1-23-18-8-13(5-6-17(18)24-9-14-10-25-11-20-14)19(22)21-16-4-2-3-12-7-15(12)16/h5-6,8,10-12,15-16H,2-4,7,9H2,1H3,(H,21,22)/t12-,15+,16+/m0/s1. The van der Waals surface area contributed by atoms with Crippen LogP contribution >= 0.6 is 11.3 Å². The fourth-order valence-corrected chi connectivity index (χ4v) is 4.27. The Bertz CT molecular complexity index is 747. The SMILES string of the molecule is COc1cc(C(=O)N[C@@H]2CCC[C@H]3C[C@H]32)ccc1OCc1cscn1. The summed E-state index contributed by atoms with van der Waals surface area (Å²) >= 11 is 1.54. The number of thiazole rings is 1. The molecular weight excluding hydrogens is 336 g/mol. The highest BCUT2D eigenvalue weighted by molar-refractivity contribution is 7.07. The number of carbonyl (C=O) groups excluding carboxylic acids is 1. The summed E-state index contributed by atoms with van der Waals surface area (Å²) in [6.45, 7) is 0.385. The zero-order valence-corrected chi connectivity index (χ0v) is 15.1. The van der Waals surface area contributed by atoms with E-state index in [1.807, 2.05) is 5.38 Å². The number of methoxy groups -OCH3 is 1. The van der Waals surface area contributed by atoms with Gasteiger partial charge in [0.1, 0.15) is 6.61 Å². The lowest BCUT2D eigenvalue weighted by Crippen LogP contribution is -2.38. The van der Waals surface area contributed by atoms with Crippen LogP contribution in [-0.2, 0) is 6.61 Å². The van der Waals surface area contributed by atoms with Crippen molar-refractivity contribution in [1.29, 1.82) is 0 Å². The lowest BCUT2D eigenvalue weighted by Gasteiger charge is -2.22. The summed E-state index contributed by atoms with van der Waals surface area (Å²) in [5.74, 6) is 2.69. The van der Waals surface area contributed by atoms with Crippen molar-refractivity contribution in [2.24, 2.45) is 11.8 Å². The van der Waals surface area contributed by atoms with Gasteiger partial charge in [-0.1, -0.05) is 12.8 Å². The summed E-state index contributed by atoms with van der Waals surface area (Å²) in [5.41, 5.74) is 3.27. The average molecular weight is 358 g/mol. The fraction of sp³-hybridized carbons (Fsp3) is 0.474. The third-order valence-corrected chi connectivity index (χ3v) is 5.82. The number of benzene rings is 1. The summed E-state index contributed by atoms with van der Waals surface area (Å²) in [6, 6.07) is 5.67. The molecule has 6 heteroatoms. The molecule has 5 nitrogen and oxygen atoms in total. The molecule has 2 aliphatic carbocycles. The molecule has 0 spiro atoms. The van der Waals surface area contributed by atoms with Gasteiger partial charge in [-0.3, -0.25) is 4.79 Å². The van der Waals surface area contributed by atoms with E-state index in [4.69, 9.17) is 9.47 Å². The van der Waals surface area contributed by atoms with Crippen LogP contribution in [0, 0.1) is 11.8 Å². The molecule has 132 valence electrons. The molecule has 0 aliphatic heterocycles. The van der Waals surface area contributed by atoms with Crippen LogP contribution in [0.3, 0.4) is 0 Å². The molecule has 2 aromatic rings. The average Bonchev–Trinajstić information content (AvgIpc) is 3.26. The molecule has 2 fully saturated rings. The first-order valence-electron chi connectivity index (χ1n) is 8.73. The van der Waals surface area contributed by atoms with Crippen LogP contribution in [0.5, 0.6) is 11.5 Å². The topological polar surface area (TPSA) is 60.5 Å². The first-order chi connectivity index (χ1) is 12.2. The Kier molecular flexibility index (Phi) is 4.61. The molecule has 2 aliphatic rings. The van der Waals surface area contributed by atoms with Crippen molar-refractivity contribution < 1.29 is 14.3 Å². The predicted octanol–water partition coefficient (Wildman–Crippen LogP) is 3.65. The van der Waals surface area contributed by atoms with Crippen LogP contribution in [0.15, 0.2) is 29.1 Å². The summed E-state index contributed by atoms with van der Waals surface area (Å²) < 4.78 is 11.2. The summed E-state index contributed by atoms with van der Waals surface area (Å²) in [6.07, 6.45) is 4.92. The van der Waals surface area contributed by atoms with E-state index >= 15 is 0 Å². The first-order valence-corrected chi connectivity index (χ1v) is 9.67. The normalized spacial score (nSPS) is 24.3. The highest BCUT2D eigenvalue weighted by atomic mass is 32.1. The van der Waals surface area contributed by atoms with Crippen molar-refractivity contribution in [3.8, 4) is 11.5 Å². The smallest absolute Gasteiger partial charge is 0.251 e. The minimum atomic E-state index is -0.0260. The van der Waals surface area contributed by atoms with E-state index in [1.54, 1.807) is 30.8 Å². The number of hydrogen-bond donors (Lipinski definition) is 1. The molecule has 25 heavy (non-hydrogen) atoms. The number of fused-ring (bicyclic) bond motifs is 1. The number of amides is 1. The molecular formula is C19H22N2O3S. The van der Waals surface area contributed by atoms with Crippen LogP contribution in [0.4, 0.5) is 0 Å². The van der Waals surface area contributed by atoms with Gasteiger partial charge in [-0.15, -0.1) is 11.3 Å². The minimum Gasteiger partial charge on any atom is -0.493 e. The molecule has 1 aromatic heterocycles. The van der Waals surface area contributed by atoms with Gasteiger partial charge in [0.15, 0.2) is 11.5 Å². The Morgan fingerprint density at radius 1 is 1.36 bits per heavy atom. The maximum Gasteiger partial charge on any atom is 0.251 e. The monoisotopic (exact) mass is 358 g/mol. The number of rotatable bonds is 6. The lowest BCUT2D eigenvalue weighted by molar-refractivity contribution is 0.0923. The van der Waals surface area contributed by atoms with Crippen LogP contribution in [0.25, 0.3) is 0 Å². The van der Waals surface area contributed by atoms with E-state index < -0.39 is 0 Å². The Morgan fingerprint density at radius 3 is 3.08 bits per heavy atom. The second-order valence-corrected chi connectivity index (χ2v) is 7.52. The summed E-state index contributed by atoms with van der Waals surface area (Å²) in [7, 11) is 1.59. The van der Waals surface area contributed by atoms with Crippen molar-refractivity contribution in [2.75, 3.05) is 7.11 Å². The molecule has 0 saturated heterocycles. The van der Waals surface area contributed by atoms with Crippen molar-refractivity contribution in [3.63, 3.8) is 0 Å². The van der Waals surface area contributed by atoms with Crippen molar-refractivity contribution in [3.05, 3.63) is 40.3 Å². The van der Waals surface area contributed by atoms with E-state index in [9.17, 15) is 4.79 Å². The quantitative estimate of drug-likeness (QED) is 0.856. The number of carbonyl (C=O) groups is 1. The Hall–Kier alpha value is -2.08. The van der Waals surface area contributed by atoms with Crippen LogP contribution in [-0.4, -0.2) is 24.0 Å². The molecule has 0 radical (unpaired) electrons. The maximum absolute atomic E-state index is 12.6. The van der Waals surface area contributed by atoms with E-state index in [0.29, 0.717) is 35.6 Å².